The molecular formula is C21H18F3N5O3. The molecule has 0 radical (unpaired) electrons. The van der Waals surface area contributed by atoms with Crippen LogP contribution in [0.5, 0.6) is 0 Å². The number of aromatic nitrogens is 1. The molecule has 0 atom stereocenters. The molecule has 4 amide bonds. The van der Waals surface area contributed by atoms with Crippen molar-refractivity contribution in [2.24, 2.45) is 5.73 Å². The van der Waals surface area contributed by atoms with Crippen LogP contribution in [0.1, 0.15) is 22.8 Å². The van der Waals surface area contributed by atoms with Crippen molar-refractivity contribution in [3.05, 3.63) is 65.9 Å². The lowest BCUT2D eigenvalue weighted by atomic mass is 10.0. The summed E-state index contributed by atoms with van der Waals surface area (Å²) in [5.41, 5.74) is 6.02. The number of nitrogens with two attached hydrogens (primary N) is 1. The Morgan fingerprint density at radius 2 is 1.59 bits per heavy atom. The van der Waals surface area contributed by atoms with E-state index in [-0.39, 0.29) is 23.0 Å². The van der Waals surface area contributed by atoms with Gasteiger partial charge < -0.3 is 26.7 Å². The molecule has 0 aliphatic carbocycles. The lowest BCUT2D eigenvalue weighted by molar-refractivity contribution is -0.137. The number of hydrogen-bond donors (Lipinski definition) is 5. The molecule has 3 aromatic rings. The second-order valence-electron chi connectivity index (χ2n) is 6.73. The Bertz CT molecular complexity index is 1170. The van der Waals surface area contributed by atoms with Crippen molar-refractivity contribution in [1.82, 2.24) is 4.98 Å². The topological polar surface area (TPSA) is 129 Å². The van der Waals surface area contributed by atoms with E-state index in [0.29, 0.717) is 16.8 Å². The van der Waals surface area contributed by atoms with Gasteiger partial charge in [-0.15, -0.1) is 0 Å². The van der Waals surface area contributed by atoms with E-state index in [1.54, 1.807) is 12.1 Å². The zero-order valence-corrected chi connectivity index (χ0v) is 16.6. The number of halogens is 3. The summed E-state index contributed by atoms with van der Waals surface area (Å²) < 4.78 is 38.4. The number of primary amides is 1. The largest absolute Gasteiger partial charge is 0.416 e. The minimum absolute atomic E-state index is 0.0159. The lowest BCUT2D eigenvalue weighted by Gasteiger charge is -2.11. The first-order chi connectivity index (χ1) is 15.0. The molecule has 166 valence electrons. The fraction of sp³-hybridized carbons (Fsp3) is 0.0952. The average Bonchev–Trinajstić information content (AvgIpc) is 3.11. The molecule has 0 unspecified atom stereocenters. The van der Waals surface area contributed by atoms with Gasteiger partial charge in [0.25, 0.3) is 5.91 Å². The average molecular weight is 445 g/mol. The number of carbonyl (C=O) groups is 3. The number of amides is 4. The maximum absolute atomic E-state index is 12.8. The molecule has 0 fully saturated rings. The second kappa shape index (κ2) is 8.84. The number of nitrogens with one attached hydrogen (secondary N) is 4. The predicted molar refractivity (Wildman–Crippen MR) is 113 cm³/mol. The standard InChI is InChI=1S/C21H18F3N5O3/c1-11(30)27-19-17(18(25)31)16(10-26-19)12-5-7-14(8-6-12)28-20(32)29-15-4-2-3-13(9-15)21(22,23)24/h2-10,26H,1H3,(H2,25,31)(H,27,30)(H2,28,29,32). The van der Waals surface area contributed by atoms with Gasteiger partial charge in [-0.3, -0.25) is 9.59 Å². The molecule has 0 spiro atoms. The van der Waals surface area contributed by atoms with E-state index >= 15 is 0 Å². The molecule has 0 bridgehead atoms. The summed E-state index contributed by atoms with van der Waals surface area (Å²) in [5.74, 6) is -0.956. The third kappa shape index (κ3) is 5.25. The first-order valence-corrected chi connectivity index (χ1v) is 9.19. The first kappa shape index (κ1) is 22.4. The number of anilines is 3. The normalized spacial score (nSPS) is 11.0. The highest BCUT2D eigenvalue weighted by Gasteiger charge is 2.30. The maximum Gasteiger partial charge on any atom is 0.416 e. The summed E-state index contributed by atoms with van der Waals surface area (Å²) in [5, 5.41) is 7.33. The number of hydrogen-bond acceptors (Lipinski definition) is 3. The Balaban J connectivity index is 1.73. The summed E-state index contributed by atoms with van der Waals surface area (Å²) in [6.45, 7) is 1.29. The van der Waals surface area contributed by atoms with Crippen molar-refractivity contribution in [1.29, 1.82) is 0 Å². The SMILES string of the molecule is CC(=O)Nc1[nH]cc(-c2ccc(NC(=O)Nc3cccc(C(F)(F)F)c3)cc2)c1C(N)=O. The monoisotopic (exact) mass is 445 g/mol. The molecule has 0 aliphatic heterocycles. The minimum Gasteiger partial charge on any atom is -0.365 e. The maximum atomic E-state index is 12.8. The van der Waals surface area contributed by atoms with Crippen LogP contribution < -0.4 is 21.7 Å². The Labute approximate surface area is 180 Å². The third-order valence-corrected chi connectivity index (χ3v) is 4.33. The van der Waals surface area contributed by atoms with E-state index < -0.39 is 23.7 Å². The van der Waals surface area contributed by atoms with Crippen LogP contribution in [0, 0.1) is 0 Å². The van der Waals surface area contributed by atoms with Gasteiger partial charge in [0.2, 0.25) is 5.91 Å². The molecule has 1 heterocycles. The molecule has 0 saturated heterocycles. The number of aromatic amines is 1. The smallest absolute Gasteiger partial charge is 0.365 e. The summed E-state index contributed by atoms with van der Waals surface area (Å²) in [7, 11) is 0. The Morgan fingerprint density at radius 1 is 0.938 bits per heavy atom. The van der Waals surface area contributed by atoms with E-state index in [9.17, 15) is 27.6 Å². The highest BCUT2D eigenvalue weighted by molar-refractivity contribution is 6.07. The van der Waals surface area contributed by atoms with Crippen LogP contribution in [-0.4, -0.2) is 22.8 Å². The van der Waals surface area contributed by atoms with Gasteiger partial charge in [-0.25, -0.2) is 4.79 Å². The third-order valence-electron chi connectivity index (χ3n) is 4.33. The van der Waals surface area contributed by atoms with Crippen LogP contribution >= 0.6 is 0 Å². The molecule has 8 nitrogen and oxygen atoms in total. The van der Waals surface area contributed by atoms with E-state index in [1.807, 2.05) is 0 Å². The quantitative estimate of drug-likeness (QED) is 0.399. The second-order valence-corrected chi connectivity index (χ2v) is 6.73. The molecule has 32 heavy (non-hydrogen) atoms. The molecule has 0 saturated carbocycles. The van der Waals surface area contributed by atoms with E-state index in [4.69, 9.17) is 5.73 Å². The van der Waals surface area contributed by atoms with E-state index in [1.165, 1.54) is 37.4 Å². The Morgan fingerprint density at radius 3 is 2.19 bits per heavy atom. The zero-order chi connectivity index (χ0) is 23.5. The van der Waals surface area contributed by atoms with Crippen molar-refractivity contribution in [2.45, 2.75) is 13.1 Å². The number of urea groups is 1. The molecule has 0 aliphatic rings. The van der Waals surface area contributed by atoms with Crippen LogP contribution in [0.2, 0.25) is 0 Å². The van der Waals surface area contributed by atoms with Crippen LogP contribution in [0.3, 0.4) is 0 Å². The zero-order valence-electron chi connectivity index (χ0n) is 16.6. The van der Waals surface area contributed by atoms with Crippen LogP contribution in [-0.2, 0) is 11.0 Å². The summed E-state index contributed by atoms with van der Waals surface area (Å²) in [6, 6.07) is 9.81. The summed E-state index contributed by atoms with van der Waals surface area (Å²) in [4.78, 5) is 38.1. The fourth-order valence-corrected chi connectivity index (χ4v) is 2.98. The van der Waals surface area contributed by atoms with Gasteiger partial charge in [-0.2, -0.15) is 13.2 Å². The number of H-pyrrole nitrogens is 1. The van der Waals surface area contributed by atoms with E-state index in [0.717, 1.165) is 12.1 Å². The molecule has 2 aromatic carbocycles. The van der Waals surface area contributed by atoms with Crippen molar-refractivity contribution < 1.29 is 27.6 Å². The number of rotatable bonds is 5. The van der Waals surface area contributed by atoms with Crippen molar-refractivity contribution in [2.75, 3.05) is 16.0 Å². The first-order valence-electron chi connectivity index (χ1n) is 9.19. The number of carbonyl (C=O) groups excluding carboxylic acids is 3. The molecule has 1 aromatic heterocycles. The molecule has 6 N–H and O–H groups in total. The molecule has 11 heteroatoms. The number of benzene rings is 2. The van der Waals surface area contributed by atoms with Crippen LogP contribution in [0.4, 0.5) is 35.2 Å². The van der Waals surface area contributed by atoms with Gasteiger partial charge in [0.1, 0.15) is 5.82 Å². The van der Waals surface area contributed by atoms with E-state index in [2.05, 4.69) is 20.9 Å². The Hall–Kier alpha value is -4.28. The highest BCUT2D eigenvalue weighted by atomic mass is 19.4. The van der Waals surface area contributed by atoms with Crippen molar-refractivity contribution in [3.63, 3.8) is 0 Å². The van der Waals surface area contributed by atoms with Gasteiger partial charge in [0.15, 0.2) is 0 Å². The van der Waals surface area contributed by atoms with Gasteiger partial charge in [-0.05, 0) is 35.9 Å². The van der Waals surface area contributed by atoms with Gasteiger partial charge in [0, 0.05) is 30.1 Å². The van der Waals surface area contributed by atoms with Crippen LogP contribution in [0.25, 0.3) is 11.1 Å². The van der Waals surface area contributed by atoms with Crippen molar-refractivity contribution in [3.8, 4) is 11.1 Å². The Kier molecular flexibility index (Phi) is 6.19. The fourth-order valence-electron chi connectivity index (χ4n) is 2.98. The van der Waals surface area contributed by atoms with Gasteiger partial charge in [0.05, 0.1) is 11.1 Å². The summed E-state index contributed by atoms with van der Waals surface area (Å²) >= 11 is 0. The molecular weight excluding hydrogens is 427 g/mol. The molecule has 3 rings (SSSR count). The minimum atomic E-state index is -4.52. The van der Waals surface area contributed by atoms with Crippen LogP contribution in [0.15, 0.2) is 54.7 Å². The number of alkyl halides is 3. The van der Waals surface area contributed by atoms with Gasteiger partial charge >= 0.3 is 12.2 Å². The predicted octanol–water partition coefficient (Wildman–Crippen LogP) is 4.40. The summed E-state index contributed by atoms with van der Waals surface area (Å²) in [6.07, 6.45) is -3.01. The lowest BCUT2D eigenvalue weighted by Crippen LogP contribution is -2.19. The highest BCUT2D eigenvalue weighted by Crippen LogP contribution is 2.31. The van der Waals surface area contributed by atoms with Gasteiger partial charge in [-0.1, -0.05) is 18.2 Å². The van der Waals surface area contributed by atoms with Crippen molar-refractivity contribution >= 4 is 35.0 Å².